The van der Waals surface area contributed by atoms with Crippen LogP contribution in [-0.2, 0) is 6.42 Å². The Morgan fingerprint density at radius 3 is 2.59 bits per heavy atom. The fraction of sp³-hybridized carbons (Fsp3) is 0.485. The van der Waals surface area contributed by atoms with E-state index in [9.17, 15) is 13.2 Å². The summed E-state index contributed by atoms with van der Waals surface area (Å²) in [5.74, 6) is -2.90. The van der Waals surface area contributed by atoms with Crippen molar-refractivity contribution in [3.63, 3.8) is 0 Å². The summed E-state index contributed by atoms with van der Waals surface area (Å²) in [7, 11) is 0. The fourth-order valence-corrected chi connectivity index (χ4v) is 7.62. The molecule has 2 aromatic carbocycles. The number of anilines is 2. The zero-order valence-corrected chi connectivity index (χ0v) is 25.6. The number of halogens is 5. The minimum atomic E-state index is -1.73. The van der Waals surface area contributed by atoms with Gasteiger partial charge < -0.3 is 15.4 Å². The molecule has 2 unspecified atom stereocenters. The molecule has 2 fully saturated rings. The quantitative estimate of drug-likeness (QED) is 0.134. The normalized spacial score (nSPS) is 20.2. The van der Waals surface area contributed by atoms with Crippen LogP contribution < -0.4 is 20.7 Å². The Morgan fingerprint density at radius 1 is 1.04 bits per heavy atom. The maximum atomic E-state index is 16.9. The molecule has 2 aromatic heterocycles. The molecule has 8 nitrogen and oxygen atoms in total. The van der Waals surface area contributed by atoms with Crippen LogP contribution in [0.5, 0.6) is 6.01 Å². The summed E-state index contributed by atoms with van der Waals surface area (Å²) in [6.07, 6.45) is 3.91. The SMILES string of the molecule is CC1CCCc2nc(-c3cc(N)cc4ccc(F)c(F)c34)c(F)c3nc(OCC45CCCN4CCC5)nc(c23)N1CC(F)NCF. The highest BCUT2D eigenvalue weighted by atomic mass is 19.2. The Labute approximate surface area is 263 Å². The molecule has 3 aliphatic heterocycles. The first-order valence-electron chi connectivity index (χ1n) is 15.8. The lowest BCUT2D eigenvalue weighted by Crippen LogP contribution is -2.44. The van der Waals surface area contributed by atoms with E-state index in [4.69, 9.17) is 15.5 Å². The summed E-state index contributed by atoms with van der Waals surface area (Å²) < 4.78 is 80.9. The van der Waals surface area contributed by atoms with E-state index in [-0.39, 0.29) is 68.6 Å². The van der Waals surface area contributed by atoms with Gasteiger partial charge >= 0.3 is 6.01 Å². The molecule has 13 heteroatoms. The summed E-state index contributed by atoms with van der Waals surface area (Å²) in [6.45, 7) is 2.86. The Hall–Kier alpha value is -3.84. The number of nitrogens with one attached hydrogen (secondary N) is 1. The van der Waals surface area contributed by atoms with Gasteiger partial charge in [0.25, 0.3) is 0 Å². The van der Waals surface area contributed by atoms with Crippen LogP contribution in [0.3, 0.4) is 0 Å². The van der Waals surface area contributed by atoms with Gasteiger partial charge in [0.15, 0.2) is 23.7 Å². The number of hydrogen-bond donors (Lipinski definition) is 2. The van der Waals surface area contributed by atoms with E-state index < -0.39 is 30.5 Å². The number of fused-ring (bicyclic) bond motifs is 2. The van der Waals surface area contributed by atoms with Gasteiger partial charge in [-0.05, 0) is 88.5 Å². The monoisotopic (exact) mass is 641 g/mol. The molecule has 0 amide bonds. The van der Waals surface area contributed by atoms with Crippen molar-refractivity contribution in [3.05, 3.63) is 47.4 Å². The van der Waals surface area contributed by atoms with Crippen LogP contribution in [0.1, 0.15) is 51.1 Å². The number of benzene rings is 2. The number of pyridine rings is 1. The molecule has 0 spiro atoms. The summed E-state index contributed by atoms with van der Waals surface area (Å²) in [4.78, 5) is 18.1. The fourth-order valence-electron chi connectivity index (χ4n) is 7.62. The molecule has 2 saturated heterocycles. The Kier molecular flexibility index (Phi) is 8.08. The second-order valence-electron chi connectivity index (χ2n) is 12.7. The van der Waals surface area contributed by atoms with E-state index in [1.54, 1.807) is 4.90 Å². The number of alkyl halides is 2. The first-order chi connectivity index (χ1) is 22.2. The minimum absolute atomic E-state index is 0.0139. The number of nitrogens with two attached hydrogens (primary N) is 1. The van der Waals surface area contributed by atoms with E-state index in [1.807, 2.05) is 6.92 Å². The maximum Gasteiger partial charge on any atom is 0.319 e. The molecule has 0 radical (unpaired) electrons. The summed E-state index contributed by atoms with van der Waals surface area (Å²) >= 11 is 0. The lowest BCUT2D eigenvalue weighted by Gasteiger charge is -2.35. The molecule has 244 valence electrons. The van der Waals surface area contributed by atoms with Crippen LogP contribution in [0, 0.1) is 17.5 Å². The highest BCUT2D eigenvalue weighted by molar-refractivity contribution is 6.02. The summed E-state index contributed by atoms with van der Waals surface area (Å²) in [5, 5.41) is 2.56. The van der Waals surface area contributed by atoms with Crippen LogP contribution in [-0.4, -0.2) is 70.8 Å². The van der Waals surface area contributed by atoms with E-state index in [2.05, 4.69) is 20.2 Å². The van der Waals surface area contributed by atoms with Crippen molar-refractivity contribution in [2.24, 2.45) is 0 Å². The predicted molar refractivity (Wildman–Crippen MR) is 167 cm³/mol. The van der Waals surface area contributed by atoms with Crippen molar-refractivity contribution < 1.29 is 26.7 Å². The number of ether oxygens (including phenoxy) is 1. The largest absolute Gasteiger partial charge is 0.461 e. The molecular formula is C33H36F5N7O. The molecule has 46 heavy (non-hydrogen) atoms. The number of rotatable bonds is 8. The van der Waals surface area contributed by atoms with Gasteiger partial charge in [0.2, 0.25) is 0 Å². The second-order valence-corrected chi connectivity index (χ2v) is 12.7. The zero-order chi connectivity index (χ0) is 32.2. The van der Waals surface area contributed by atoms with Crippen molar-refractivity contribution in [1.82, 2.24) is 25.2 Å². The average molecular weight is 642 g/mol. The van der Waals surface area contributed by atoms with Crippen LogP contribution in [0.2, 0.25) is 0 Å². The number of aryl methyl sites for hydroxylation is 1. The third-order valence-electron chi connectivity index (χ3n) is 9.88. The minimum Gasteiger partial charge on any atom is -0.461 e. The number of nitrogens with zero attached hydrogens (tertiary/aromatic N) is 5. The molecule has 0 saturated carbocycles. The third kappa shape index (κ3) is 5.26. The van der Waals surface area contributed by atoms with Gasteiger partial charge in [-0.25, -0.2) is 26.9 Å². The molecule has 3 aliphatic rings. The van der Waals surface area contributed by atoms with E-state index in [1.165, 1.54) is 18.2 Å². The zero-order valence-electron chi connectivity index (χ0n) is 25.6. The predicted octanol–water partition coefficient (Wildman–Crippen LogP) is 6.20. The first-order valence-corrected chi connectivity index (χ1v) is 15.8. The van der Waals surface area contributed by atoms with Gasteiger partial charge in [-0.15, -0.1) is 0 Å². The smallest absolute Gasteiger partial charge is 0.319 e. The molecule has 0 aliphatic carbocycles. The van der Waals surface area contributed by atoms with Gasteiger partial charge in [0.05, 0.1) is 23.2 Å². The Balaban J connectivity index is 1.44. The van der Waals surface area contributed by atoms with Crippen LogP contribution in [0.25, 0.3) is 32.9 Å². The molecule has 0 bridgehead atoms. The van der Waals surface area contributed by atoms with Gasteiger partial charge in [0, 0.05) is 22.7 Å². The van der Waals surface area contributed by atoms with Crippen molar-refractivity contribution in [2.45, 2.75) is 69.7 Å². The summed E-state index contributed by atoms with van der Waals surface area (Å²) in [6, 6.07) is 4.90. The first kappa shape index (κ1) is 30.8. The van der Waals surface area contributed by atoms with Gasteiger partial charge in [-0.1, -0.05) is 6.07 Å². The van der Waals surface area contributed by atoms with Gasteiger partial charge in [-0.2, -0.15) is 9.97 Å². The Bertz CT molecular complexity index is 1800. The Morgan fingerprint density at radius 2 is 1.83 bits per heavy atom. The van der Waals surface area contributed by atoms with Crippen LogP contribution in [0.15, 0.2) is 24.3 Å². The molecule has 3 N–H and O–H groups in total. The molecule has 4 aromatic rings. The van der Waals surface area contributed by atoms with Crippen LogP contribution >= 0.6 is 0 Å². The highest BCUT2D eigenvalue weighted by Crippen LogP contribution is 2.42. The summed E-state index contributed by atoms with van der Waals surface area (Å²) in [5.41, 5.74) is 6.25. The van der Waals surface area contributed by atoms with E-state index in [0.717, 1.165) is 44.8 Å². The lowest BCUT2D eigenvalue weighted by atomic mass is 9.95. The van der Waals surface area contributed by atoms with Crippen molar-refractivity contribution >= 4 is 33.2 Å². The van der Waals surface area contributed by atoms with Crippen molar-refractivity contribution in [1.29, 1.82) is 0 Å². The highest BCUT2D eigenvalue weighted by Gasteiger charge is 2.45. The average Bonchev–Trinajstić information content (AvgIpc) is 3.61. The van der Waals surface area contributed by atoms with Crippen molar-refractivity contribution in [2.75, 3.05) is 43.7 Å². The molecule has 2 atom stereocenters. The number of aromatic nitrogens is 3. The second kappa shape index (κ2) is 12.1. The standard InChI is InChI=1S/C33H36F5N7O/c1-18-5-2-6-23-26-30(28(38)29(41-23)21-14-20(39)13-19-7-8-22(35)27(37)25(19)21)42-32(43-31(26)45(18)15-24(36)40-17-34)46-16-33-9-3-11-44(33)12-4-10-33/h7-8,13-14,18,24,40H,2-6,9-12,15-17,39H2,1H3. The third-order valence-corrected chi connectivity index (χ3v) is 9.88. The number of hydrogen-bond acceptors (Lipinski definition) is 8. The van der Waals surface area contributed by atoms with Crippen molar-refractivity contribution in [3.8, 4) is 17.3 Å². The van der Waals surface area contributed by atoms with Crippen LogP contribution in [0.4, 0.5) is 33.5 Å². The van der Waals surface area contributed by atoms with E-state index in [0.29, 0.717) is 31.6 Å². The van der Waals surface area contributed by atoms with Gasteiger partial charge in [-0.3, -0.25) is 10.2 Å². The maximum absolute atomic E-state index is 16.9. The molecular weight excluding hydrogens is 605 g/mol. The topological polar surface area (TPSA) is 92.4 Å². The van der Waals surface area contributed by atoms with Gasteiger partial charge in [0.1, 0.15) is 30.4 Å². The lowest BCUT2D eigenvalue weighted by molar-refractivity contribution is 0.108. The number of nitrogen functional groups attached to an aromatic ring is 1. The molecule has 7 rings (SSSR count). The van der Waals surface area contributed by atoms with E-state index >= 15 is 8.78 Å². The molecule has 5 heterocycles.